The third-order valence-electron chi connectivity index (χ3n) is 1.48. The monoisotopic (exact) mass is 183 g/mol. The summed E-state index contributed by atoms with van der Waals surface area (Å²) in [6.45, 7) is 6.73. The molecule has 0 bridgehead atoms. The lowest BCUT2D eigenvalue weighted by atomic mass is 10.2. The highest BCUT2D eigenvalue weighted by atomic mass is 32.2. The van der Waals surface area contributed by atoms with Gasteiger partial charge >= 0.3 is 0 Å². The maximum Gasteiger partial charge on any atom is 0.0684 e. The zero-order valence-corrected chi connectivity index (χ0v) is 8.49. The molecule has 1 unspecified atom stereocenters. The summed E-state index contributed by atoms with van der Waals surface area (Å²) in [4.78, 5) is 0. The van der Waals surface area contributed by atoms with Gasteiger partial charge in [-0.15, -0.1) is 13.0 Å². The van der Waals surface area contributed by atoms with E-state index in [1.165, 1.54) is 0 Å². The van der Waals surface area contributed by atoms with Crippen molar-refractivity contribution in [1.82, 2.24) is 5.32 Å². The van der Waals surface area contributed by atoms with Crippen LogP contribution in [0.25, 0.3) is 0 Å². The molecule has 0 heterocycles. The molecule has 12 heavy (non-hydrogen) atoms. The fourth-order valence-corrected chi connectivity index (χ4v) is 1.39. The lowest BCUT2D eigenvalue weighted by Crippen LogP contribution is -2.28. The minimum Gasteiger partial charge on any atom is -0.303 e. The molecule has 0 aliphatic rings. The third-order valence-corrected chi connectivity index (χ3v) is 2.45. The minimum absolute atomic E-state index is 0.245. The molecule has 0 fully saturated rings. The molecule has 0 aromatic rings. The summed E-state index contributed by atoms with van der Waals surface area (Å²) in [5.74, 6) is 4.83. The van der Waals surface area contributed by atoms with Crippen LogP contribution in [0.5, 0.6) is 0 Å². The molecule has 0 rings (SSSR count). The predicted molar refractivity (Wildman–Crippen MR) is 58.4 cm³/mol. The molecule has 0 saturated carbocycles. The van der Waals surface area contributed by atoms with Gasteiger partial charge in [0, 0.05) is 18.1 Å². The van der Waals surface area contributed by atoms with Crippen molar-refractivity contribution in [3.63, 3.8) is 0 Å². The molecule has 0 amide bonds. The van der Waals surface area contributed by atoms with Gasteiger partial charge in [-0.3, -0.25) is 0 Å². The van der Waals surface area contributed by atoms with Crippen LogP contribution in [0.3, 0.4) is 0 Å². The first kappa shape index (κ1) is 11.6. The van der Waals surface area contributed by atoms with Crippen LogP contribution in [0.1, 0.15) is 13.3 Å². The van der Waals surface area contributed by atoms with Crippen molar-refractivity contribution < 1.29 is 0 Å². The lowest BCUT2D eigenvalue weighted by Gasteiger charge is -2.09. The molecule has 0 spiro atoms. The fraction of sp³-hybridized carbons (Fsp3) is 0.600. The third kappa shape index (κ3) is 6.33. The van der Waals surface area contributed by atoms with Crippen molar-refractivity contribution in [3.05, 3.63) is 12.7 Å². The summed E-state index contributed by atoms with van der Waals surface area (Å²) in [5.41, 5.74) is 0. The van der Waals surface area contributed by atoms with Gasteiger partial charge in [-0.25, -0.2) is 0 Å². The van der Waals surface area contributed by atoms with E-state index in [0.29, 0.717) is 0 Å². The average molecular weight is 183 g/mol. The van der Waals surface area contributed by atoms with Gasteiger partial charge in [0.25, 0.3) is 0 Å². The predicted octanol–water partition coefficient (Wildman–Crippen LogP) is 1.91. The summed E-state index contributed by atoms with van der Waals surface area (Å²) in [6, 6.07) is 0.245. The Morgan fingerprint density at radius 3 is 3.00 bits per heavy atom. The molecule has 0 aromatic carbocycles. The van der Waals surface area contributed by atoms with E-state index in [0.717, 1.165) is 24.5 Å². The first-order valence-electron chi connectivity index (χ1n) is 4.23. The van der Waals surface area contributed by atoms with Crippen molar-refractivity contribution in [1.29, 1.82) is 0 Å². The summed E-state index contributed by atoms with van der Waals surface area (Å²) in [6.07, 6.45) is 8.21. The number of hydrogen-bond donors (Lipinski definition) is 1. The van der Waals surface area contributed by atoms with E-state index in [-0.39, 0.29) is 6.04 Å². The summed E-state index contributed by atoms with van der Waals surface area (Å²) >= 11 is 1.87. The SMILES string of the molecule is C#CC(CC)NCCSCC=C. The van der Waals surface area contributed by atoms with Crippen LogP contribution in [0.2, 0.25) is 0 Å². The Labute approximate surface area is 80.0 Å². The average Bonchev–Trinajstić information content (AvgIpc) is 2.11. The number of thioether (sulfide) groups is 1. The van der Waals surface area contributed by atoms with Gasteiger partial charge in [-0.1, -0.05) is 18.9 Å². The zero-order valence-electron chi connectivity index (χ0n) is 7.68. The van der Waals surface area contributed by atoms with Gasteiger partial charge < -0.3 is 5.32 Å². The second kappa shape index (κ2) is 8.70. The maximum atomic E-state index is 5.29. The van der Waals surface area contributed by atoms with Crippen molar-refractivity contribution >= 4 is 11.8 Å². The Bertz CT molecular complexity index is 148. The first-order chi connectivity index (χ1) is 5.85. The quantitative estimate of drug-likeness (QED) is 0.367. The van der Waals surface area contributed by atoms with Crippen LogP contribution >= 0.6 is 11.8 Å². The first-order valence-corrected chi connectivity index (χ1v) is 5.38. The van der Waals surface area contributed by atoms with Crippen molar-refractivity contribution in [3.8, 4) is 12.3 Å². The molecule has 1 atom stereocenters. The van der Waals surface area contributed by atoms with Gasteiger partial charge in [0.15, 0.2) is 0 Å². The van der Waals surface area contributed by atoms with E-state index in [2.05, 4.69) is 24.7 Å². The molecule has 2 heteroatoms. The van der Waals surface area contributed by atoms with Crippen molar-refractivity contribution in [2.24, 2.45) is 0 Å². The van der Waals surface area contributed by atoms with E-state index in [4.69, 9.17) is 6.42 Å². The number of hydrogen-bond acceptors (Lipinski definition) is 2. The van der Waals surface area contributed by atoms with Gasteiger partial charge in [-0.2, -0.15) is 11.8 Å². The van der Waals surface area contributed by atoms with Crippen LogP contribution in [-0.4, -0.2) is 24.1 Å². The molecule has 0 saturated heterocycles. The smallest absolute Gasteiger partial charge is 0.0684 e. The van der Waals surface area contributed by atoms with Crippen LogP contribution in [0, 0.1) is 12.3 Å². The van der Waals surface area contributed by atoms with E-state index < -0.39 is 0 Å². The zero-order chi connectivity index (χ0) is 9.23. The molecule has 1 nitrogen and oxygen atoms in total. The normalized spacial score (nSPS) is 12.0. The highest BCUT2D eigenvalue weighted by Gasteiger charge is 1.97. The molecule has 0 aliphatic heterocycles. The molecule has 0 radical (unpaired) electrons. The summed E-state index contributed by atoms with van der Waals surface area (Å²) in [5, 5.41) is 3.29. The largest absolute Gasteiger partial charge is 0.303 e. The highest BCUT2D eigenvalue weighted by Crippen LogP contribution is 1.97. The van der Waals surface area contributed by atoms with E-state index in [9.17, 15) is 0 Å². The topological polar surface area (TPSA) is 12.0 Å². The lowest BCUT2D eigenvalue weighted by molar-refractivity contribution is 0.618. The number of rotatable bonds is 7. The minimum atomic E-state index is 0.245. The van der Waals surface area contributed by atoms with Crippen LogP contribution in [0.15, 0.2) is 12.7 Å². The Morgan fingerprint density at radius 1 is 1.75 bits per heavy atom. The number of terminal acetylenes is 1. The van der Waals surface area contributed by atoms with Crippen LogP contribution < -0.4 is 5.32 Å². The molecule has 1 N–H and O–H groups in total. The Hall–Kier alpha value is -0.390. The van der Waals surface area contributed by atoms with Crippen LogP contribution in [0.4, 0.5) is 0 Å². The fourth-order valence-electron chi connectivity index (χ4n) is 0.793. The second-order valence-corrected chi connectivity index (χ2v) is 3.60. The second-order valence-electron chi connectivity index (χ2n) is 2.45. The molecular formula is C10H17NS. The van der Waals surface area contributed by atoms with Gasteiger partial charge in [0.05, 0.1) is 6.04 Å². The maximum absolute atomic E-state index is 5.29. The van der Waals surface area contributed by atoms with Crippen molar-refractivity contribution in [2.45, 2.75) is 19.4 Å². The Morgan fingerprint density at radius 2 is 2.50 bits per heavy atom. The van der Waals surface area contributed by atoms with Gasteiger partial charge in [0.1, 0.15) is 0 Å². The standard InChI is InChI=1S/C10H17NS/c1-4-8-12-9-7-11-10(5-2)6-3/h2,4,10-11H,1,6-9H2,3H3. The van der Waals surface area contributed by atoms with E-state index in [1.807, 2.05) is 17.8 Å². The summed E-state index contributed by atoms with van der Waals surface area (Å²) in [7, 11) is 0. The van der Waals surface area contributed by atoms with Crippen molar-refractivity contribution in [2.75, 3.05) is 18.1 Å². The Kier molecular flexibility index (Phi) is 8.42. The van der Waals surface area contributed by atoms with Gasteiger partial charge in [-0.05, 0) is 6.42 Å². The van der Waals surface area contributed by atoms with Gasteiger partial charge in [0.2, 0.25) is 0 Å². The van der Waals surface area contributed by atoms with E-state index >= 15 is 0 Å². The molecule has 0 aliphatic carbocycles. The van der Waals surface area contributed by atoms with E-state index in [1.54, 1.807) is 0 Å². The molecular weight excluding hydrogens is 166 g/mol. The number of nitrogens with one attached hydrogen (secondary N) is 1. The Balaban J connectivity index is 3.18. The summed E-state index contributed by atoms with van der Waals surface area (Å²) < 4.78 is 0. The van der Waals surface area contributed by atoms with Crippen LogP contribution in [-0.2, 0) is 0 Å². The molecule has 68 valence electrons. The molecule has 0 aromatic heterocycles. The highest BCUT2D eigenvalue weighted by molar-refractivity contribution is 7.99.